The molecule has 0 radical (unpaired) electrons. The number of carbonyl (C=O) groups is 2. The van der Waals surface area contributed by atoms with Crippen LogP contribution in [0.2, 0.25) is 0 Å². The average molecular weight is 310 g/mol. The maximum absolute atomic E-state index is 12.6. The molecule has 1 aromatic heterocycles. The number of nitrogens with zero attached hydrogens (tertiary/aromatic N) is 2. The Labute approximate surface area is 136 Å². The van der Waals surface area contributed by atoms with E-state index in [1.165, 1.54) is 0 Å². The lowest BCUT2D eigenvalue weighted by atomic mass is 10.1. The van der Waals surface area contributed by atoms with E-state index in [0.29, 0.717) is 17.7 Å². The molecule has 0 bridgehead atoms. The van der Waals surface area contributed by atoms with E-state index < -0.39 is 0 Å². The Bertz CT molecular complexity index is 722. The van der Waals surface area contributed by atoms with Gasteiger partial charge in [0.25, 0.3) is 0 Å². The number of aromatic nitrogens is 1. The second-order valence-electron chi connectivity index (χ2n) is 6.23. The normalized spacial score (nSPS) is 14.3. The molecule has 4 nitrogen and oxygen atoms in total. The highest BCUT2D eigenvalue weighted by molar-refractivity contribution is 6.08. The third-order valence-electron chi connectivity index (χ3n) is 4.56. The van der Waals surface area contributed by atoms with Gasteiger partial charge < -0.3 is 9.47 Å². The minimum atomic E-state index is -0.00706. The van der Waals surface area contributed by atoms with Gasteiger partial charge in [-0.15, -0.1) is 0 Å². The van der Waals surface area contributed by atoms with Crippen molar-refractivity contribution < 1.29 is 9.59 Å². The highest BCUT2D eigenvalue weighted by Gasteiger charge is 2.21. The minimum Gasteiger partial charge on any atom is -0.344 e. The lowest BCUT2D eigenvalue weighted by Gasteiger charge is -2.15. The van der Waals surface area contributed by atoms with Crippen LogP contribution in [0.4, 0.5) is 0 Å². The fourth-order valence-corrected chi connectivity index (χ4v) is 3.05. The first-order chi connectivity index (χ1) is 11.1. The minimum absolute atomic E-state index is 0.00706. The van der Waals surface area contributed by atoms with Gasteiger partial charge in [0, 0.05) is 31.4 Å². The molecule has 4 heteroatoms. The van der Waals surface area contributed by atoms with E-state index in [1.807, 2.05) is 59.8 Å². The van der Waals surface area contributed by atoms with Crippen LogP contribution in [0.1, 0.15) is 40.2 Å². The number of hydrogen-bond donors (Lipinski definition) is 0. The summed E-state index contributed by atoms with van der Waals surface area (Å²) in [5.74, 6) is 0.144. The van der Waals surface area contributed by atoms with Crippen molar-refractivity contribution >= 4 is 11.7 Å². The first-order valence-corrected chi connectivity index (χ1v) is 8.10. The van der Waals surface area contributed by atoms with Crippen molar-refractivity contribution in [3.8, 4) is 0 Å². The van der Waals surface area contributed by atoms with Crippen LogP contribution < -0.4 is 0 Å². The Morgan fingerprint density at radius 2 is 1.65 bits per heavy atom. The molecule has 2 aromatic rings. The van der Waals surface area contributed by atoms with Crippen molar-refractivity contribution in [1.29, 1.82) is 0 Å². The molecule has 0 atom stereocenters. The summed E-state index contributed by atoms with van der Waals surface area (Å²) < 4.78 is 1.84. The van der Waals surface area contributed by atoms with E-state index in [2.05, 4.69) is 0 Å². The van der Waals surface area contributed by atoms with Gasteiger partial charge in [-0.1, -0.05) is 29.8 Å². The zero-order chi connectivity index (χ0) is 16.4. The van der Waals surface area contributed by atoms with Gasteiger partial charge in [0.05, 0.1) is 12.1 Å². The molecule has 0 unspecified atom stereocenters. The SMILES string of the molecule is Cc1ccc(C(=O)c2ccc(CC(=O)N3CCCC3)n2C)cc1. The second kappa shape index (κ2) is 6.41. The van der Waals surface area contributed by atoms with Crippen molar-refractivity contribution in [2.45, 2.75) is 26.2 Å². The maximum atomic E-state index is 12.6. The predicted octanol–water partition coefficient (Wildman–Crippen LogP) is 2.73. The molecule has 120 valence electrons. The zero-order valence-corrected chi connectivity index (χ0v) is 13.7. The molecule has 1 aromatic carbocycles. The van der Waals surface area contributed by atoms with Crippen molar-refractivity contribution in [1.82, 2.24) is 9.47 Å². The molecule has 0 spiro atoms. The number of aryl methyl sites for hydroxylation is 1. The van der Waals surface area contributed by atoms with Crippen LogP contribution in [-0.4, -0.2) is 34.2 Å². The molecule has 2 heterocycles. The largest absolute Gasteiger partial charge is 0.344 e. The molecule has 0 N–H and O–H groups in total. The maximum Gasteiger partial charge on any atom is 0.228 e. The standard InChI is InChI=1S/C19H22N2O2/c1-14-5-7-15(8-6-14)19(23)17-10-9-16(20(17)2)13-18(22)21-11-3-4-12-21/h5-10H,3-4,11-13H2,1-2H3. The topological polar surface area (TPSA) is 42.3 Å². The molecule has 1 amide bonds. The molecule has 1 aliphatic heterocycles. The summed E-state index contributed by atoms with van der Waals surface area (Å²) in [7, 11) is 1.86. The monoisotopic (exact) mass is 310 g/mol. The summed E-state index contributed by atoms with van der Waals surface area (Å²) in [6, 6.07) is 11.3. The molecular formula is C19H22N2O2. The van der Waals surface area contributed by atoms with E-state index >= 15 is 0 Å². The highest BCUT2D eigenvalue weighted by atomic mass is 16.2. The number of amides is 1. The molecule has 1 fully saturated rings. The number of carbonyl (C=O) groups excluding carboxylic acids is 2. The third kappa shape index (κ3) is 3.21. The Morgan fingerprint density at radius 3 is 2.30 bits per heavy atom. The Hall–Kier alpha value is -2.36. The van der Waals surface area contributed by atoms with Crippen LogP contribution in [0.5, 0.6) is 0 Å². The summed E-state index contributed by atoms with van der Waals surface area (Å²) in [6.45, 7) is 3.72. The van der Waals surface area contributed by atoms with Gasteiger partial charge in [-0.25, -0.2) is 0 Å². The van der Waals surface area contributed by atoms with Crippen LogP contribution >= 0.6 is 0 Å². The van der Waals surface area contributed by atoms with Crippen molar-refractivity contribution in [2.75, 3.05) is 13.1 Å². The van der Waals surface area contributed by atoms with E-state index in [4.69, 9.17) is 0 Å². The number of benzene rings is 1. The highest BCUT2D eigenvalue weighted by Crippen LogP contribution is 2.16. The Balaban J connectivity index is 1.77. The molecule has 1 saturated heterocycles. The lowest BCUT2D eigenvalue weighted by molar-refractivity contribution is -0.129. The predicted molar refractivity (Wildman–Crippen MR) is 89.5 cm³/mol. The quantitative estimate of drug-likeness (QED) is 0.815. The van der Waals surface area contributed by atoms with Crippen LogP contribution in [0.15, 0.2) is 36.4 Å². The molecule has 23 heavy (non-hydrogen) atoms. The molecule has 3 rings (SSSR count). The van der Waals surface area contributed by atoms with Crippen molar-refractivity contribution in [2.24, 2.45) is 7.05 Å². The Morgan fingerprint density at radius 1 is 1.00 bits per heavy atom. The van der Waals surface area contributed by atoms with Gasteiger partial charge in [0.2, 0.25) is 11.7 Å². The smallest absolute Gasteiger partial charge is 0.228 e. The van der Waals surface area contributed by atoms with E-state index in [-0.39, 0.29) is 11.7 Å². The van der Waals surface area contributed by atoms with Crippen molar-refractivity contribution in [3.63, 3.8) is 0 Å². The van der Waals surface area contributed by atoms with Gasteiger partial charge in [-0.3, -0.25) is 9.59 Å². The Kier molecular flexibility index (Phi) is 4.33. The average Bonchev–Trinajstić information content (AvgIpc) is 3.19. The van der Waals surface area contributed by atoms with Gasteiger partial charge in [0.1, 0.15) is 0 Å². The number of ketones is 1. The van der Waals surface area contributed by atoms with Crippen LogP contribution in [0.3, 0.4) is 0 Å². The van der Waals surface area contributed by atoms with Crippen LogP contribution in [0, 0.1) is 6.92 Å². The summed E-state index contributed by atoms with van der Waals surface area (Å²) in [5.41, 5.74) is 3.31. The summed E-state index contributed by atoms with van der Waals surface area (Å²) >= 11 is 0. The van der Waals surface area contributed by atoms with Crippen LogP contribution in [-0.2, 0) is 18.3 Å². The van der Waals surface area contributed by atoms with E-state index in [9.17, 15) is 9.59 Å². The van der Waals surface area contributed by atoms with Crippen molar-refractivity contribution in [3.05, 3.63) is 58.9 Å². The van der Waals surface area contributed by atoms with E-state index in [0.717, 1.165) is 37.2 Å². The molecular weight excluding hydrogens is 288 g/mol. The fraction of sp³-hybridized carbons (Fsp3) is 0.368. The number of likely N-dealkylation sites (tertiary alicyclic amines) is 1. The van der Waals surface area contributed by atoms with E-state index in [1.54, 1.807) is 0 Å². The molecule has 0 aliphatic carbocycles. The second-order valence-corrected chi connectivity index (χ2v) is 6.23. The summed E-state index contributed by atoms with van der Waals surface area (Å²) in [4.78, 5) is 26.8. The first kappa shape index (κ1) is 15.5. The lowest BCUT2D eigenvalue weighted by Crippen LogP contribution is -2.29. The molecule has 1 aliphatic rings. The zero-order valence-electron chi connectivity index (χ0n) is 13.7. The van der Waals surface area contributed by atoms with Crippen LogP contribution in [0.25, 0.3) is 0 Å². The summed E-state index contributed by atoms with van der Waals surface area (Å²) in [5, 5.41) is 0. The van der Waals surface area contributed by atoms with Gasteiger partial charge in [-0.05, 0) is 31.9 Å². The van der Waals surface area contributed by atoms with Gasteiger partial charge in [-0.2, -0.15) is 0 Å². The third-order valence-corrected chi connectivity index (χ3v) is 4.56. The molecule has 0 saturated carbocycles. The fourth-order valence-electron chi connectivity index (χ4n) is 3.05. The summed E-state index contributed by atoms with van der Waals surface area (Å²) in [6.07, 6.45) is 2.55. The van der Waals surface area contributed by atoms with Gasteiger partial charge in [0.15, 0.2) is 0 Å². The number of rotatable bonds is 4. The number of hydrogen-bond acceptors (Lipinski definition) is 2. The first-order valence-electron chi connectivity index (χ1n) is 8.10. The van der Waals surface area contributed by atoms with Gasteiger partial charge >= 0.3 is 0 Å².